The molecule has 3 nitrogen and oxygen atoms in total. The summed E-state index contributed by atoms with van der Waals surface area (Å²) in [4.78, 5) is 4.51. The molecule has 0 spiro atoms. The maximum Gasteiger partial charge on any atom is 0.207 e. The highest BCUT2D eigenvalue weighted by Crippen LogP contribution is 2.21. The summed E-state index contributed by atoms with van der Waals surface area (Å²) in [6, 6.07) is 8.68. The second kappa shape index (κ2) is 5.08. The molecule has 0 amide bonds. The second-order valence-corrected chi connectivity index (χ2v) is 5.59. The van der Waals surface area contributed by atoms with Crippen molar-refractivity contribution in [1.82, 2.24) is 9.55 Å². The molecule has 0 aliphatic rings. The molecule has 1 aromatic heterocycles. The quantitative estimate of drug-likeness (QED) is 0.851. The molecule has 0 aliphatic heterocycles. The van der Waals surface area contributed by atoms with Gasteiger partial charge in [0.05, 0.1) is 5.69 Å². The van der Waals surface area contributed by atoms with Gasteiger partial charge in [-0.15, -0.1) is 0 Å². The van der Waals surface area contributed by atoms with Crippen molar-refractivity contribution in [3.63, 3.8) is 0 Å². The van der Waals surface area contributed by atoms with Gasteiger partial charge in [-0.25, -0.2) is 4.98 Å². The van der Waals surface area contributed by atoms with Crippen molar-refractivity contribution < 1.29 is 0 Å². The van der Waals surface area contributed by atoms with Gasteiger partial charge in [0.25, 0.3) is 0 Å². The van der Waals surface area contributed by atoms with E-state index in [4.69, 9.17) is 0 Å². The molecule has 0 saturated heterocycles. The number of aromatic nitrogens is 2. The number of benzene rings is 1. The minimum absolute atomic E-state index is 0.404. The van der Waals surface area contributed by atoms with Gasteiger partial charge in [-0.1, -0.05) is 6.07 Å². The molecule has 0 unspecified atom stereocenters. The van der Waals surface area contributed by atoms with Crippen LogP contribution in [0.4, 0.5) is 11.6 Å². The lowest BCUT2D eigenvalue weighted by atomic mass is 10.3. The van der Waals surface area contributed by atoms with Crippen LogP contribution in [0.3, 0.4) is 0 Å². The smallest absolute Gasteiger partial charge is 0.207 e. The summed E-state index contributed by atoms with van der Waals surface area (Å²) >= 11 is 2.31. The standard InChI is InChI=1S/C13H16IN3/c1-9(2)17-8-10(3)15-13(17)16-12-6-4-5-11(14)7-12/h4-9H,1-3H3,(H,15,16). The third-order valence-electron chi connectivity index (χ3n) is 2.49. The van der Waals surface area contributed by atoms with Gasteiger partial charge < -0.3 is 9.88 Å². The Labute approximate surface area is 115 Å². The summed E-state index contributed by atoms with van der Waals surface area (Å²) < 4.78 is 3.36. The molecule has 0 saturated carbocycles. The van der Waals surface area contributed by atoms with Crippen LogP contribution in [0, 0.1) is 10.5 Å². The fourth-order valence-electron chi connectivity index (χ4n) is 1.70. The van der Waals surface area contributed by atoms with Crippen LogP contribution in [0.1, 0.15) is 25.6 Å². The maximum atomic E-state index is 4.51. The van der Waals surface area contributed by atoms with E-state index in [1.54, 1.807) is 0 Å². The number of nitrogens with zero attached hydrogens (tertiary/aromatic N) is 2. The van der Waals surface area contributed by atoms with E-state index >= 15 is 0 Å². The van der Waals surface area contributed by atoms with Crippen molar-refractivity contribution in [1.29, 1.82) is 0 Å². The van der Waals surface area contributed by atoms with Crippen LogP contribution < -0.4 is 5.32 Å². The number of anilines is 2. The molecule has 0 fully saturated rings. The number of imidazole rings is 1. The Kier molecular flexibility index (Phi) is 3.71. The van der Waals surface area contributed by atoms with Crippen molar-refractivity contribution >= 4 is 34.2 Å². The van der Waals surface area contributed by atoms with Gasteiger partial charge in [-0.05, 0) is 61.6 Å². The van der Waals surface area contributed by atoms with Crippen LogP contribution in [0.25, 0.3) is 0 Å². The Morgan fingerprint density at radius 2 is 2.12 bits per heavy atom. The van der Waals surface area contributed by atoms with Gasteiger partial charge in [0.2, 0.25) is 5.95 Å². The molecule has 4 heteroatoms. The summed E-state index contributed by atoms with van der Waals surface area (Å²) in [5.41, 5.74) is 2.11. The minimum atomic E-state index is 0.404. The Morgan fingerprint density at radius 3 is 2.76 bits per heavy atom. The van der Waals surface area contributed by atoms with E-state index in [0.717, 1.165) is 17.3 Å². The third kappa shape index (κ3) is 3.00. The summed E-state index contributed by atoms with van der Waals surface area (Å²) in [6.07, 6.45) is 2.07. The SMILES string of the molecule is Cc1cn(C(C)C)c(Nc2cccc(I)c2)n1. The molecule has 2 rings (SSSR count). The number of rotatable bonds is 3. The average molecular weight is 341 g/mol. The number of aryl methyl sites for hydroxylation is 1. The summed E-state index contributed by atoms with van der Waals surface area (Å²) in [6.45, 7) is 6.32. The van der Waals surface area contributed by atoms with Gasteiger partial charge in [0.1, 0.15) is 0 Å². The Hall–Kier alpha value is -1.04. The predicted molar refractivity (Wildman–Crippen MR) is 79.8 cm³/mol. The fourth-order valence-corrected chi connectivity index (χ4v) is 2.24. The monoisotopic (exact) mass is 341 g/mol. The van der Waals surface area contributed by atoms with E-state index in [1.807, 2.05) is 13.0 Å². The first-order chi connectivity index (χ1) is 8.06. The van der Waals surface area contributed by atoms with E-state index in [2.05, 4.69) is 75.7 Å². The number of hydrogen-bond acceptors (Lipinski definition) is 2. The van der Waals surface area contributed by atoms with Crippen LogP contribution in [-0.2, 0) is 0 Å². The Bertz CT molecular complexity index is 517. The van der Waals surface area contributed by atoms with Gasteiger partial charge in [0.15, 0.2) is 0 Å². The van der Waals surface area contributed by atoms with Gasteiger partial charge in [-0.3, -0.25) is 0 Å². The summed E-state index contributed by atoms with van der Waals surface area (Å²) in [5.74, 6) is 0.902. The van der Waals surface area contributed by atoms with E-state index < -0.39 is 0 Å². The van der Waals surface area contributed by atoms with Crippen LogP contribution >= 0.6 is 22.6 Å². The molecule has 1 heterocycles. The fraction of sp³-hybridized carbons (Fsp3) is 0.308. The first kappa shape index (κ1) is 12.4. The van der Waals surface area contributed by atoms with Crippen LogP contribution in [0.15, 0.2) is 30.5 Å². The maximum absolute atomic E-state index is 4.51. The molecule has 1 N–H and O–H groups in total. The van der Waals surface area contributed by atoms with Crippen LogP contribution in [-0.4, -0.2) is 9.55 Å². The van der Waals surface area contributed by atoms with Gasteiger partial charge >= 0.3 is 0 Å². The normalized spacial score (nSPS) is 10.9. The third-order valence-corrected chi connectivity index (χ3v) is 3.16. The Morgan fingerprint density at radius 1 is 1.35 bits per heavy atom. The topological polar surface area (TPSA) is 29.9 Å². The number of nitrogens with one attached hydrogen (secondary N) is 1. The average Bonchev–Trinajstić information content (AvgIpc) is 2.59. The first-order valence-corrected chi connectivity index (χ1v) is 6.72. The van der Waals surface area contributed by atoms with Crippen LogP contribution in [0.2, 0.25) is 0 Å². The molecule has 0 atom stereocenters. The summed E-state index contributed by atoms with van der Waals surface area (Å²) in [5, 5.41) is 3.36. The molecular formula is C13H16IN3. The minimum Gasteiger partial charge on any atom is -0.326 e. The molecule has 90 valence electrons. The van der Waals surface area contributed by atoms with E-state index in [0.29, 0.717) is 6.04 Å². The van der Waals surface area contributed by atoms with Gasteiger partial charge in [0, 0.05) is 21.5 Å². The zero-order valence-electron chi connectivity index (χ0n) is 10.2. The van der Waals surface area contributed by atoms with Crippen molar-refractivity contribution in [3.05, 3.63) is 39.7 Å². The molecule has 0 radical (unpaired) electrons. The zero-order chi connectivity index (χ0) is 12.4. The highest BCUT2D eigenvalue weighted by Gasteiger charge is 2.08. The zero-order valence-corrected chi connectivity index (χ0v) is 12.4. The number of halogens is 1. The van der Waals surface area contributed by atoms with Gasteiger partial charge in [-0.2, -0.15) is 0 Å². The lowest BCUT2D eigenvalue weighted by Gasteiger charge is -2.12. The van der Waals surface area contributed by atoms with Crippen molar-refractivity contribution in [2.24, 2.45) is 0 Å². The summed E-state index contributed by atoms with van der Waals surface area (Å²) in [7, 11) is 0. The van der Waals surface area contributed by atoms with E-state index in [1.165, 1.54) is 3.57 Å². The molecule has 17 heavy (non-hydrogen) atoms. The molecule has 0 aliphatic carbocycles. The predicted octanol–water partition coefficient (Wildman–Crippen LogP) is 4.12. The Balaban J connectivity index is 2.29. The molecule has 2 aromatic rings. The second-order valence-electron chi connectivity index (χ2n) is 4.34. The van der Waals surface area contributed by atoms with Crippen molar-refractivity contribution in [2.45, 2.75) is 26.8 Å². The number of hydrogen-bond donors (Lipinski definition) is 1. The van der Waals surface area contributed by atoms with E-state index in [-0.39, 0.29) is 0 Å². The largest absolute Gasteiger partial charge is 0.326 e. The lowest BCUT2D eigenvalue weighted by Crippen LogP contribution is -2.05. The van der Waals surface area contributed by atoms with Crippen LogP contribution in [0.5, 0.6) is 0 Å². The molecule has 0 bridgehead atoms. The molecular weight excluding hydrogens is 325 g/mol. The highest BCUT2D eigenvalue weighted by molar-refractivity contribution is 14.1. The van der Waals surface area contributed by atoms with Crippen molar-refractivity contribution in [3.8, 4) is 0 Å². The molecule has 1 aromatic carbocycles. The van der Waals surface area contributed by atoms with Crippen molar-refractivity contribution in [2.75, 3.05) is 5.32 Å². The van der Waals surface area contributed by atoms with E-state index in [9.17, 15) is 0 Å². The highest BCUT2D eigenvalue weighted by atomic mass is 127. The lowest BCUT2D eigenvalue weighted by molar-refractivity contribution is 0.607. The first-order valence-electron chi connectivity index (χ1n) is 5.64.